The van der Waals surface area contributed by atoms with Crippen LogP contribution >= 0.6 is 0 Å². The monoisotopic (exact) mass is 309 g/mol. The maximum absolute atomic E-state index is 13.4. The van der Waals surface area contributed by atoms with Crippen LogP contribution in [0.25, 0.3) is 11.4 Å². The summed E-state index contributed by atoms with van der Waals surface area (Å²) in [5, 5.41) is 13.4. The van der Waals surface area contributed by atoms with Crippen molar-refractivity contribution in [1.82, 2.24) is 14.8 Å². The van der Waals surface area contributed by atoms with Gasteiger partial charge in [0, 0.05) is 31.2 Å². The van der Waals surface area contributed by atoms with Gasteiger partial charge >= 0.3 is 0 Å². The molecule has 7 heteroatoms. The molecule has 2 aromatic rings. The van der Waals surface area contributed by atoms with Gasteiger partial charge in [-0.1, -0.05) is 0 Å². The number of benzene rings is 1. The van der Waals surface area contributed by atoms with Gasteiger partial charge in [0.2, 0.25) is 0 Å². The first-order valence-corrected chi connectivity index (χ1v) is 7.28. The first-order valence-electron chi connectivity index (χ1n) is 7.28. The van der Waals surface area contributed by atoms with Crippen molar-refractivity contribution >= 4 is 0 Å². The van der Waals surface area contributed by atoms with Crippen LogP contribution in [0.3, 0.4) is 0 Å². The second kappa shape index (κ2) is 6.50. The zero-order valence-electron chi connectivity index (χ0n) is 12.0. The molecule has 1 aromatic carbocycles. The lowest BCUT2D eigenvalue weighted by atomic mass is 10.1. The van der Waals surface area contributed by atoms with Crippen molar-refractivity contribution in [2.24, 2.45) is 0 Å². The Morgan fingerprint density at radius 2 is 2.18 bits per heavy atom. The Labute approximate surface area is 126 Å². The molecule has 1 N–H and O–H groups in total. The molecule has 3 rings (SSSR count). The largest absolute Gasteiger partial charge is 0.396 e. The summed E-state index contributed by atoms with van der Waals surface area (Å²) in [4.78, 5) is 4.49. The predicted octanol–water partition coefficient (Wildman–Crippen LogP) is 2.11. The molecule has 0 aliphatic carbocycles. The zero-order valence-corrected chi connectivity index (χ0v) is 12.0. The second-order valence-corrected chi connectivity index (χ2v) is 5.28. The third kappa shape index (κ3) is 3.00. The summed E-state index contributed by atoms with van der Waals surface area (Å²) >= 11 is 0. The number of hydrogen-bond donors (Lipinski definition) is 1. The highest BCUT2D eigenvalue weighted by molar-refractivity contribution is 5.54. The van der Waals surface area contributed by atoms with E-state index in [1.54, 1.807) is 4.68 Å². The first kappa shape index (κ1) is 15.1. The minimum absolute atomic E-state index is 0.0565. The lowest BCUT2D eigenvalue weighted by Gasteiger charge is -2.08. The minimum atomic E-state index is -0.921. The van der Waals surface area contributed by atoms with Crippen molar-refractivity contribution < 1.29 is 18.6 Å². The topological polar surface area (TPSA) is 60.2 Å². The van der Waals surface area contributed by atoms with Crippen LogP contribution in [0.4, 0.5) is 8.78 Å². The molecule has 1 fully saturated rings. The van der Waals surface area contributed by atoms with E-state index >= 15 is 0 Å². The van der Waals surface area contributed by atoms with E-state index in [1.807, 2.05) is 0 Å². The van der Waals surface area contributed by atoms with Gasteiger partial charge in [-0.05, 0) is 31.0 Å². The normalized spacial score (nSPS) is 18.0. The summed E-state index contributed by atoms with van der Waals surface area (Å²) in [5.41, 5.74) is 0.432. The van der Waals surface area contributed by atoms with E-state index in [-0.39, 0.29) is 12.5 Å². The van der Waals surface area contributed by atoms with Crippen molar-refractivity contribution in [1.29, 1.82) is 0 Å². The molecule has 0 radical (unpaired) electrons. The van der Waals surface area contributed by atoms with Crippen LogP contribution in [0.2, 0.25) is 0 Å². The Morgan fingerprint density at radius 1 is 1.32 bits per heavy atom. The molecule has 1 saturated heterocycles. The highest BCUT2D eigenvalue weighted by atomic mass is 19.2. The van der Waals surface area contributed by atoms with Crippen molar-refractivity contribution in [3.63, 3.8) is 0 Å². The number of nitrogens with zero attached hydrogens (tertiary/aromatic N) is 3. The fraction of sp³-hybridized carbons (Fsp3) is 0.467. The third-order valence-electron chi connectivity index (χ3n) is 3.70. The van der Waals surface area contributed by atoms with Gasteiger partial charge in [-0.2, -0.15) is 5.10 Å². The van der Waals surface area contributed by atoms with Gasteiger partial charge in [-0.25, -0.2) is 18.4 Å². The minimum Gasteiger partial charge on any atom is -0.396 e. The fourth-order valence-electron chi connectivity index (χ4n) is 2.54. The van der Waals surface area contributed by atoms with Crippen molar-refractivity contribution in [3.05, 3.63) is 35.7 Å². The Bertz CT molecular complexity index is 654. The van der Waals surface area contributed by atoms with Gasteiger partial charge in [-0.3, -0.25) is 0 Å². The maximum Gasteiger partial charge on any atom is 0.181 e. The molecule has 0 unspecified atom stereocenters. The highest BCUT2D eigenvalue weighted by Crippen LogP contribution is 2.27. The predicted molar refractivity (Wildman–Crippen MR) is 75.3 cm³/mol. The summed E-state index contributed by atoms with van der Waals surface area (Å²) < 4.78 is 33.5. The number of ether oxygens (including phenoxy) is 1. The lowest BCUT2D eigenvalue weighted by molar-refractivity contribution is 0.192. The molecule has 5 nitrogen and oxygen atoms in total. The number of aliphatic hydroxyl groups excluding tert-OH is 1. The van der Waals surface area contributed by atoms with E-state index in [0.717, 1.165) is 24.4 Å². The van der Waals surface area contributed by atoms with Crippen LogP contribution in [-0.4, -0.2) is 39.7 Å². The molecular formula is C15H17F2N3O2. The molecule has 0 spiro atoms. The van der Waals surface area contributed by atoms with Gasteiger partial charge in [0.1, 0.15) is 5.82 Å². The van der Waals surface area contributed by atoms with E-state index in [4.69, 9.17) is 9.84 Å². The molecule has 118 valence electrons. The van der Waals surface area contributed by atoms with Gasteiger partial charge in [-0.15, -0.1) is 0 Å². The molecule has 22 heavy (non-hydrogen) atoms. The van der Waals surface area contributed by atoms with Gasteiger partial charge < -0.3 is 9.84 Å². The quantitative estimate of drug-likeness (QED) is 0.919. The third-order valence-corrected chi connectivity index (χ3v) is 3.70. The van der Waals surface area contributed by atoms with E-state index < -0.39 is 11.6 Å². The number of halogens is 2. The molecule has 2 heterocycles. The summed E-state index contributed by atoms with van der Waals surface area (Å²) in [6.45, 7) is 1.84. The van der Waals surface area contributed by atoms with Gasteiger partial charge in [0.05, 0.1) is 6.61 Å². The SMILES string of the molecule is OCCCn1nc(-c2ccc(F)c(F)c2)nc1[C@H]1CCOC1. The van der Waals surface area contributed by atoms with Crippen LogP contribution in [0, 0.1) is 11.6 Å². The smallest absolute Gasteiger partial charge is 0.181 e. The van der Waals surface area contributed by atoms with Crippen LogP contribution < -0.4 is 0 Å². The average molecular weight is 309 g/mol. The summed E-state index contributed by atoms with van der Waals surface area (Å²) in [6, 6.07) is 3.62. The zero-order chi connectivity index (χ0) is 15.5. The van der Waals surface area contributed by atoms with E-state index in [9.17, 15) is 8.78 Å². The Balaban J connectivity index is 1.95. The average Bonchev–Trinajstić information content (AvgIpc) is 3.16. The van der Waals surface area contributed by atoms with Crippen LogP contribution in [0.15, 0.2) is 18.2 Å². The number of aromatic nitrogens is 3. The summed E-state index contributed by atoms with van der Waals surface area (Å²) in [6.07, 6.45) is 1.41. The standard InChI is InChI=1S/C15H17F2N3O2/c16-12-3-2-10(8-13(12)17)14-18-15(11-4-7-22-9-11)20(19-14)5-1-6-21/h2-3,8,11,21H,1,4-7,9H2/t11-/m0/s1. The fourth-order valence-corrected chi connectivity index (χ4v) is 2.54. The van der Waals surface area contributed by atoms with Crippen LogP contribution in [-0.2, 0) is 11.3 Å². The van der Waals surface area contributed by atoms with Crippen molar-refractivity contribution in [3.8, 4) is 11.4 Å². The molecule has 0 bridgehead atoms. The molecule has 1 atom stereocenters. The van der Waals surface area contributed by atoms with Crippen molar-refractivity contribution in [2.45, 2.75) is 25.3 Å². The second-order valence-electron chi connectivity index (χ2n) is 5.28. The lowest BCUT2D eigenvalue weighted by Crippen LogP contribution is -2.11. The van der Waals surface area contributed by atoms with E-state index in [0.29, 0.717) is 37.6 Å². The number of aryl methyl sites for hydroxylation is 1. The Kier molecular flexibility index (Phi) is 4.44. The molecule has 0 saturated carbocycles. The number of hydrogen-bond acceptors (Lipinski definition) is 4. The highest BCUT2D eigenvalue weighted by Gasteiger charge is 2.25. The van der Waals surface area contributed by atoms with Gasteiger partial charge in [0.25, 0.3) is 0 Å². The maximum atomic E-state index is 13.4. The van der Waals surface area contributed by atoms with Gasteiger partial charge in [0.15, 0.2) is 17.5 Å². The Morgan fingerprint density at radius 3 is 2.86 bits per heavy atom. The van der Waals surface area contributed by atoms with Crippen LogP contribution in [0.5, 0.6) is 0 Å². The number of aliphatic hydroxyl groups is 1. The van der Waals surface area contributed by atoms with Crippen molar-refractivity contribution in [2.75, 3.05) is 19.8 Å². The first-order chi connectivity index (χ1) is 10.7. The summed E-state index contributed by atoms with van der Waals surface area (Å²) in [5.74, 6) is -0.544. The van der Waals surface area contributed by atoms with E-state index in [1.165, 1.54) is 6.07 Å². The van der Waals surface area contributed by atoms with E-state index in [2.05, 4.69) is 10.1 Å². The molecule has 1 aliphatic rings. The molecule has 1 aliphatic heterocycles. The number of rotatable bonds is 5. The molecule has 1 aromatic heterocycles. The molecule has 0 amide bonds. The summed E-state index contributed by atoms with van der Waals surface area (Å²) in [7, 11) is 0. The Hall–Kier alpha value is -1.86. The van der Waals surface area contributed by atoms with Crippen LogP contribution in [0.1, 0.15) is 24.6 Å². The molecular weight excluding hydrogens is 292 g/mol.